The molecule has 19 heavy (non-hydrogen) atoms. The zero-order chi connectivity index (χ0) is 13.8. The molecular weight excluding hydrogens is 268 g/mol. The molecule has 0 saturated heterocycles. The Morgan fingerprint density at radius 3 is 2.95 bits per heavy atom. The first-order valence-corrected chi connectivity index (χ1v) is 6.10. The third-order valence-electron chi connectivity index (χ3n) is 2.24. The van der Waals surface area contributed by atoms with Crippen molar-refractivity contribution in [3.8, 4) is 0 Å². The molecule has 0 aliphatic carbocycles. The molecule has 0 spiro atoms. The number of carboxylic acids is 1. The molecule has 0 aliphatic heterocycles. The van der Waals surface area contributed by atoms with Crippen molar-refractivity contribution in [1.29, 1.82) is 0 Å². The smallest absolute Gasteiger partial charge is 0.328 e. The van der Waals surface area contributed by atoms with Crippen LogP contribution in [0, 0.1) is 6.92 Å². The molecule has 0 radical (unpaired) electrons. The topological polar surface area (TPSA) is 92.4 Å². The standard InChI is InChI=1S/C12H10N2O4S/c1-7-9(4-5-18-7)11(17)14-12-13-6-8(19-12)2-3-10(15)16/h2-6H,1H3,(H,15,16)(H,13,14,17). The summed E-state index contributed by atoms with van der Waals surface area (Å²) < 4.78 is 5.04. The summed E-state index contributed by atoms with van der Waals surface area (Å²) in [5.41, 5.74) is 0.442. The van der Waals surface area contributed by atoms with Gasteiger partial charge in [-0.05, 0) is 19.1 Å². The van der Waals surface area contributed by atoms with Gasteiger partial charge in [0.2, 0.25) is 0 Å². The zero-order valence-electron chi connectivity index (χ0n) is 9.91. The molecule has 0 atom stereocenters. The Hall–Kier alpha value is -2.41. The van der Waals surface area contributed by atoms with Crippen molar-refractivity contribution >= 4 is 34.4 Å². The van der Waals surface area contributed by atoms with Gasteiger partial charge in [0, 0.05) is 17.2 Å². The lowest BCUT2D eigenvalue weighted by Gasteiger charge is -1.98. The van der Waals surface area contributed by atoms with E-state index in [4.69, 9.17) is 9.52 Å². The summed E-state index contributed by atoms with van der Waals surface area (Å²) in [6.45, 7) is 1.69. The first-order chi connectivity index (χ1) is 9.06. The van der Waals surface area contributed by atoms with Crippen LogP contribution in [0.3, 0.4) is 0 Å². The summed E-state index contributed by atoms with van der Waals surface area (Å²) in [4.78, 5) is 26.8. The van der Waals surface area contributed by atoms with Gasteiger partial charge in [0.25, 0.3) is 5.91 Å². The molecule has 1 amide bonds. The van der Waals surface area contributed by atoms with Crippen LogP contribution in [0.1, 0.15) is 21.0 Å². The number of carboxylic acid groups (broad SMARTS) is 1. The summed E-state index contributed by atoms with van der Waals surface area (Å²) in [7, 11) is 0. The van der Waals surface area contributed by atoms with Crippen molar-refractivity contribution in [3.05, 3.63) is 40.8 Å². The Bertz CT molecular complexity index is 642. The number of nitrogens with zero attached hydrogens (tertiary/aromatic N) is 1. The number of aryl methyl sites for hydroxylation is 1. The highest BCUT2D eigenvalue weighted by Gasteiger charge is 2.12. The van der Waals surface area contributed by atoms with Crippen LogP contribution in [0.15, 0.2) is 29.0 Å². The highest BCUT2D eigenvalue weighted by molar-refractivity contribution is 7.16. The van der Waals surface area contributed by atoms with Gasteiger partial charge >= 0.3 is 5.97 Å². The number of furan rings is 1. The van der Waals surface area contributed by atoms with Crippen LogP contribution >= 0.6 is 11.3 Å². The SMILES string of the molecule is Cc1occc1C(=O)Nc1ncc(C=CC(=O)O)s1. The highest BCUT2D eigenvalue weighted by atomic mass is 32.1. The van der Waals surface area contributed by atoms with Crippen molar-refractivity contribution in [2.75, 3.05) is 5.32 Å². The monoisotopic (exact) mass is 278 g/mol. The Morgan fingerprint density at radius 1 is 1.53 bits per heavy atom. The minimum atomic E-state index is -1.03. The molecule has 0 aliphatic rings. The molecule has 2 aromatic rings. The van der Waals surface area contributed by atoms with Gasteiger partial charge in [-0.25, -0.2) is 9.78 Å². The summed E-state index contributed by atoms with van der Waals surface area (Å²) >= 11 is 1.18. The summed E-state index contributed by atoms with van der Waals surface area (Å²) in [6, 6.07) is 1.57. The Balaban J connectivity index is 2.06. The van der Waals surface area contributed by atoms with Crippen LogP contribution in [0.25, 0.3) is 6.08 Å². The molecule has 0 fully saturated rings. The first kappa shape index (κ1) is 13.0. The number of hydrogen-bond donors (Lipinski definition) is 2. The fourth-order valence-electron chi connectivity index (χ4n) is 1.36. The number of hydrogen-bond acceptors (Lipinski definition) is 5. The molecule has 0 aromatic carbocycles. The number of carbonyl (C=O) groups excluding carboxylic acids is 1. The third-order valence-corrected chi connectivity index (χ3v) is 3.12. The number of aromatic nitrogens is 1. The van der Waals surface area contributed by atoms with Crippen molar-refractivity contribution in [2.24, 2.45) is 0 Å². The van der Waals surface area contributed by atoms with Crippen LogP contribution in [-0.4, -0.2) is 22.0 Å². The largest absolute Gasteiger partial charge is 0.478 e. The van der Waals surface area contributed by atoms with E-state index in [1.807, 2.05) is 0 Å². The van der Waals surface area contributed by atoms with Gasteiger partial charge in [-0.2, -0.15) is 0 Å². The van der Waals surface area contributed by atoms with Crippen LogP contribution in [0.4, 0.5) is 5.13 Å². The van der Waals surface area contributed by atoms with E-state index in [0.717, 1.165) is 6.08 Å². The van der Waals surface area contributed by atoms with Crippen molar-refractivity contribution in [1.82, 2.24) is 4.98 Å². The number of nitrogens with one attached hydrogen (secondary N) is 1. The van der Waals surface area contributed by atoms with E-state index in [1.165, 1.54) is 29.9 Å². The van der Waals surface area contributed by atoms with E-state index in [-0.39, 0.29) is 5.91 Å². The molecule has 2 N–H and O–H groups in total. The average Bonchev–Trinajstić information content (AvgIpc) is 2.95. The molecule has 98 valence electrons. The lowest BCUT2D eigenvalue weighted by molar-refractivity contribution is -0.131. The molecule has 0 bridgehead atoms. The van der Waals surface area contributed by atoms with Crippen molar-refractivity contribution in [3.63, 3.8) is 0 Å². The summed E-state index contributed by atoms with van der Waals surface area (Å²) in [5, 5.41) is 11.5. The minimum Gasteiger partial charge on any atom is -0.478 e. The Labute approximate surface area is 112 Å². The van der Waals surface area contributed by atoms with Gasteiger partial charge in [-0.15, -0.1) is 0 Å². The number of amides is 1. The molecule has 6 nitrogen and oxygen atoms in total. The van der Waals surface area contributed by atoms with Crippen LogP contribution in [0.2, 0.25) is 0 Å². The lowest BCUT2D eigenvalue weighted by Crippen LogP contribution is -2.11. The van der Waals surface area contributed by atoms with E-state index < -0.39 is 5.97 Å². The fraction of sp³-hybridized carbons (Fsp3) is 0.0833. The second kappa shape index (κ2) is 5.49. The number of aliphatic carboxylic acids is 1. The van der Waals surface area contributed by atoms with E-state index in [0.29, 0.717) is 21.3 Å². The zero-order valence-corrected chi connectivity index (χ0v) is 10.7. The second-order valence-electron chi connectivity index (χ2n) is 3.58. The fourth-order valence-corrected chi connectivity index (χ4v) is 2.07. The summed E-state index contributed by atoms with van der Waals surface area (Å²) in [5.74, 6) is -0.817. The lowest BCUT2D eigenvalue weighted by atomic mass is 10.2. The molecule has 2 aromatic heterocycles. The number of rotatable bonds is 4. The summed E-state index contributed by atoms with van der Waals surface area (Å²) in [6.07, 6.45) is 5.35. The number of carbonyl (C=O) groups is 2. The van der Waals surface area contributed by atoms with E-state index in [1.54, 1.807) is 13.0 Å². The number of anilines is 1. The van der Waals surface area contributed by atoms with Gasteiger partial charge in [0.15, 0.2) is 5.13 Å². The first-order valence-electron chi connectivity index (χ1n) is 5.28. The highest BCUT2D eigenvalue weighted by Crippen LogP contribution is 2.20. The molecule has 7 heteroatoms. The van der Waals surface area contributed by atoms with E-state index >= 15 is 0 Å². The molecule has 2 rings (SSSR count). The Morgan fingerprint density at radius 2 is 2.32 bits per heavy atom. The Kier molecular flexibility index (Phi) is 3.76. The van der Waals surface area contributed by atoms with Crippen LogP contribution < -0.4 is 5.32 Å². The van der Waals surface area contributed by atoms with Gasteiger partial charge in [-0.1, -0.05) is 11.3 Å². The maximum Gasteiger partial charge on any atom is 0.328 e. The molecule has 0 unspecified atom stereocenters. The van der Waals surface area contributed by atoms with E-state index in [9.17, 15) is 9.59 Å². The van der Waals surface area contributed by atoms with Gasteiger partial charge in [0.1, 0.15) is 5.76 Å². The van der Waals surface area contributed by atoms with Crippen LogP contribution in [-0.2, 0) is 4.79 Å². The number of thiazole rings is 1. The van der Waals surface area contributed by atoms with Gasteiger partial charge in [-0.3, -0.25) is 10.1 Å². The predicted octanol–water partition coefficient (Wildman–Crippen LogP) is 2.39. The maximum absolute atomic E-state index is 11.9. The van der Waals surface area contributed by atoms with Crippen LogP contribution in [0.5, 0.6) is 0 Å². The maximum atomic E-state index is 11.9. The van der Waals surface area contributed by atoms with Crippen molar-refractivity contribution in [2.45, 2.75) is 6.92 Å². The second-order valence-corrected chi connectivity index (χ2v) is 4.65. The van der Waals surface area contributed by atoms with E-state index in [2.05, 4.69) is 10.3 Å². The normalized spacial score (nSPS) is 10.8. The van der Waals surface area contributed by atoms with Gasteiger partial charge in [0.05, 0.1) is 11.8 Å². The van der Waals surface area contributed by atoms with Gasteiger partial charge < -0.3 is 9.52 Å². The third kappa shape index (κ3) is 3.29. The molecule has 2 heterocycles. The quantitative estimate of drug-likeness (QED) is 0.838. The average molecular weight is 278 g/mol. The predicted molar refractivity (Wildman–Crippen MR) is 70.2 cm³/mol. The minimum absolute atomic E-state index is 0.311. The van der Waals surface area contributed by atoms with Crippen molar-refractivity contribution < 1.29 is 19.1 Å². The molecule has 0 saturated carbocycles. The molecular formula is C12H10N2O4S.